The highest BCUT2D eigenvalue weighted by atomic mass is 16.1. The fourth-order valence-electron chi connectivity index (χ4n) is 1.36. The van der Waals surface area contributed by atoms with Crippen molar-refractivity contribution in [2.45, 2.75) is 32.7 Å². The number of benzene rings is 1. The number of rotatable bonds is 4. The molecule has 0 aromatic heterocycles. The lowest BCUT2D eigenvalue weighted by Gasteiger charge is -2.07. The first-order valence-electron chi connectivity index (χ1n) is 5.36. The van der Waals surface area contributed by atoms with E-state index in [9.17, 15) is 4.79 Å². The highest BCUT2D eigenvalue weighted by Gasteiger charge is 2.01. The zero-order valence-corrected chi connectivity index (χ0v) is 9.66. The molecule has 1 rings (SSSR count). The van der Waals surface area contributed by atoms with Crippen LogP contribution in [0.3, 0.4) is 0 Å². The lowest BCUT2D eigenvalue weighted by molar-refractivity contribution is -0.120. The van der Waals surface area contributed by atoms with Crippen LogP contribution in [-0.2, 0) is 11.3 Å². The third-order valence-corrected chi connectivity index (χ3v) is 2.38. The van der Waals surface area contributed by atoms with Gasteiger partial charge in [0.1, 0.15) is 6.42 Å². The Morgan fingerprint density at radius 2 is 2.00 bits per heavy atom. The third kappa shape index (κ3) is 3.74. The molecule has 84 valence electrons. The summed E-state index contributed by atoms with van der Waals surface area (Å²) in [5.74, 6) is 0.290. The first kappa shape index (κ1) is 12.3. The number of hydrogen-bond acceptors (Lipinski definition) is 2. The predicted octanol–water partition coefficient (Wildman–Crippen LogP) is 2.34. The quantitative estimate of drug-likeness (QED) is 0.839. The van der Waals surface area contributed by atoms with Gasteiger partial charge in [0.25, 0.3) is 0 Å². The molecule has 0 radical (unpaired) electrons. The molecule has 0 saturated carbocycles. The maximum absolute atomic E-state index is 11.1. The van der Waals surface area contributed by atoms with Crippen molar-refractivity contribution in [3.05, 3.63) is 35.4 Å². The maximum atomic E-state index is 11.1. The van der Waals surface area contributed by atoms with Crippen molar-refractivity contribution in [3.8, 4) is 6.07 Å². The monoisotopic (exact) mass is 216 g/mol. The topological polar surface area (TPSA) is 52.9 Å². The largest absolute Gasteiger partial charge is 0.351 e. The van der Waals surface area contributed by atoms with Gasteiger partial charge in [-0.2, -0.15) is 5.26 Å². The standard InChI is InChI=1S/C13H16N2O/c1-10(2)12-5-3-11(4-6-12)9-15-13(16)7-8-14/h3-6,10H,7,9H2,1-2H3,(H,15,16). The molecule has 0 fully saturated rings. The Morgan fingerprint density at radius 3 is 2.50 bits per heavy atom. The molecule has 1 amide bonds. The second-order valence-corrected chi connectivity index (χ2v) is 4.01. The zero-order valence-electron chi connectivity index (χ0n) is 9.66. The van der Waals surface area contributed by atoms with Gasteiger partial charge in [-0.25, -0.2) is 0 Å². The molecule has 0 aliphatic heterocycles. The molecule has 0 atom stereocenters. The fourth-order valence-corrected chi connectivity index (χ4v) is 1.36. The number of hydrogen-bond donors (Lipinski definition) is 1. The summed E-state index contributed by atoms with van der Waals surface area (Å²) in [7, 11) is 0. The summed E-state index contributed by atoms with van der Waals surface area (Å²) < 4.78 is 0. The molecule has 1 N–H and O–H groups in total. The Kier molecular flexibility index (Phi) is 4.53. The smallest absolute Gasteiger partial charge is 0.234 e. The van der Waals surface area contributed by atoms with E-state index in [0.29, 0.717) is 12.5 Å². The lowest BCUT2D eigenvalue weighted by atomic mass is 10.0. The van der Waals surface area contributed by atoms with E-state index in [1.165, 1.54) is 5.56 Å². The van der Waals surface area contributed by atoms with Crippen molar-refractivity contribution in [1.82, 2.24) is 5.32 Å². The first-order valence-corrected chi connectivity index (χ1v) is 5.36. The lowest BCUT2D eigenvalue weighted by Crippen LogP contribution is -2.21. The Morgan fingerprint density at radius 1 is 1.38 bits per heavy atom. The van der Waals surface area contributed by atoms with Crippen LogP contribution in [0.4, 0.5) is 0 Å². The van der Waals surface area contributed by atoms with Crippen molar-refractivity contribution >= 4 is 5.91 Å². The minimum Gasteiger partial charge on any atom is -0.351 e. The Hall–Kier alpha value is -1.82. The molecule has 0 saturated heterocycles. The molecule has 0 spiro atoms. The average molecular weight is 216 g/mol. The van der Waals surface area contributed by atoms with Crippen LogP contribution in [0.1, 0.15) is 37.3 Å². The Balaban J connectivity index is 2.50. The molecule has 3 heteroatoms. The summed E-state index contributed by atoms with van der Waals surface area (Å²) in [5, 5.41) is 11.0. The molecular weight excluding hydrogens is 200 g/mol. The molecule has 0 aliphatic carbocycles. The van der Waals surface area contributed by atoms with E-state index in [-0.39, 0.29) is 12.3 Å². The van der Waals surface area contributed by atoms with E-state index in [4.69, 9.17) is 5.26 Å². The highest BCUT2D eigenvalue weighted by Crippen LogP contribution is 2.14. The summed E-state index contributed by atoms with van der Waals surface area (Å²) in [6.45, 7) is 4.77. The maximum Gasteiger partial charge on any atom is 0.234 e. The van der Waals surface area contributed by atoms with E-state index >= 15 is 0 Å². The van der Waals surface area contributed by atoms with Crippen LogP contribution >= 0.6 is 0 Å². The SMILES string of the molecule is CC(C)c1ccc(CNC(=O)CC#N)cc1. The first-order chi connectivity index (χ1) is 7.63. The summed E-state index contributed by atoms with van der Waals surface area (Å²) in [6, 6.07) is 9.95. The van der Waals surface area contributed by atoms with Crippen LogP contribution in [0.2, 0.25) is 0 Å². The highest BCUT2D eigenvalue weighted by molar-refractivity contribution is 5.77. The van der Waals surface area contributed by atoms with Gasteiger partial charge < -0.3 is 5.32 Å². The molecule has 1 aromatic carbocycles. The van der Waals surface area contributed by atoms with Crippen LogP contribution in [0.15, 0.2) is 24.3 Å². The number of carbonyl (C=O) groups is 1. The van der Waals surface area contributed by atoms with Gasteiger partial charge in [-0.15, -0.1) is 0 Å². The van der Waals surface area contributed by atoms with Gasteiger partial charge in [-0.1, -0.05) is 38.1 Å². The molecule has 0 bridgehead atoms. The second kappa shape index (κ2) is 5.92. The minimum absolute atomic E-state index is 0.0793. The van der Waals surface area contributed by atoms with Crippen molar-refractivity contribution in [3.63, 3.8) is 0 Å². The minimum atomic E-state index is -0.226. The van der Waals surface area contributed by atoms with Gasteiger partial charge in [0.05, 0.1) is 6.07 Å². The van der Waals surface area contributed by atoms with Crippen molar-refractivity contribution < 1.29 is 4.79 Å². The Labute approximate surface area is 96.1 Å². The van der Waals surface area contributed by atoms with Gasteiger partial charge >= 0.3 is 0 Å². The van der Waals surface area contributed by atoms with Gasteiger partial charge in [-0.05, 0) is 17.0 Å². The fraction of sp³-hybridized carbons (Fsp3) is 0.385. The third-order valence-electron chi connectivity index (χ3n) is 2.38. The van der Waals surface area contributed by atoms with E-state index < -0.39 is 0 Å². The zero-order chi connectivity index (χ0) is 12.0. The van der Waals surface area contributed by atoms with Crippen LogP contribution < -0.4 is 5.32 Å². The van der Waals surface area contributed by atoms with Crippen LogP contribution in [0.5, 0.6) is 0 Å². The summed E-state index contributed by atoms with van der Waals surface area (Å²) >= 11 is 0. The second-order valence-electron chi connectivity index (χ2n) is 4.01. The van der Waals surface area contributed by atoms with E-state index in [0.717, 1.165) is 5.56 Å². The van der Waals surface area contributed by atoms with E-state index in [1.807, 2.05) is 18.2 Å². The molecule has 0 heterocycles. The van der Waals surface area contributed by atoms with Gasteiger partial charge in [-0.3, -0.25) is 4.79 Å². The van der Waals surface area contributed by atoms with Crippen LogP contribution in [0.25, 0.3) is 0 Å². The number of amides is 1. The van der Waals surface area contributed by atoms with Gasteiger partial charge in [0.15, 0.2) is 0 Å². The predicted molar refractivity (Wildman–Crippen MR) is 62.6 cm³/mol. The van der Waals surface area contributed by atoms with Crippen molar-refractivity contribution in [2.75, 3.05) is 0 Å². The molecular formula is C13H16N2O. The van der Waals surface area contributed by atoms with Crippen LogP contribution in [0, 0.1) is 11.3 Å². The van der Waals surface area contributed by atoms with Crippen molar-refractivity contribution in [2.24, 2.45) is 0 Å². The number of nitrogens with zero attached hydrogens (tertiary/aromatic N) is 1. The normalized spacial score (nSPS) is 9.88. The van der Waals surface area contributed by atoms with E-state index in [2.05, 4.69) is 31.3 Å². The van der Waals surface area contributed by atoms with Crippen LogP contribution in [-0.4, -0.2) is 5.91 Å². The molecule has 3 nitrogen and oxygen atoms in total. The summed E-state index contributed by atoms with van der Waals surface area (Å²) in [4.78, 5) is 11.1. The molecule has 16 heavy (non-hydrogen) atoms. The van der Waals surface area contributed by atoms with Gasteiger partial charge in [0.2, 0.25) is 5.91 Å². The molecule has 1 aromatic rings. The van der Waals surface area contributed by atoms with E-state index in [1.54, 1.807) is 0 Å². The number of nitriles is 1. The summed E-state index contributed by atoms with van der Waals surface area (Å²) in [5.41, 5.74) is 2.34. The van der Waals surface area contributed by atoms with Gasteiger partial charge in [0, 0.05) is 6.54 Å². The number of nitrogens with one attached hydrogen (secondary N) is 1. The van der Waals surface area contributed by atoms with Crippen molar-refractivity contribution in [1.29, 1.82) is 5.26 Å². The Bertz CT molecular complexity index is 387. The molecule has 0 aliphatic rings. The summed E-state index contributed by atoms with van der Waals surface area (Å²) in [6.07, 6.45) is -0.0793. The number of carbonyl (C=O) groups excluding carboxylic acids is 1. The molecule has 0 unspecified atom stereocenters. The average Bonchev–Trinajstić information content (AvgIpc) is 2.27.